The molecular weight excluding hydrogens is 538 g/mol. The molecule has 192 valence electrons. The highest BCUT2D eigenvalue weighted by atomic mass is 35.5. The van der Waals surface area contributed by atoms with E-state index in [1.54, 1.807) is 17.0 Å². The minimum Gasteiger partial charge on any atom is -0.379 e. The number of carbonyl (C=O) groups excluding carboxylic acids is 1. The number of hydrogen-bond acceptors (Lipinski definition) is 4. The Balaban J connectivity index is 1.79. The highest BCUT2D eigenvalue weighted by molar-refractivity contribution is 7.87. The van der Waals surface area contributed by atoms with E-state index in [-0.39, 0.29) is 24.2 Å². The van der Waals surface area contributed by atoms with E-state index in [1.807, 2.05) is 13.8 Å². The SMILES string of the molecule is CC[C@@H](C)N(Cc1ccc(OS(=O)(=O)c2cccc(C(F)(F)F)c2)cc1)C(=O)c1cc(Cl)cc(Cl)c1. The Bertz CT molecular complexity index is 1330. The summed E-state index contributed by atoms with van der Waals surface area (Å²) >= 11 is 12.1. The van der Waals surface area contributed by atoms with Crippen LogP contribution in [0.3, 0.4) is 0 Å². The summed E-state index contributed by atoms with van der Waals surface area (Å²) in [5, 5.41) is 0.664. The second-order valence-corrected chi connectivity index (χ2v) is 10.5. The lowest BCUT2D eigenvalue weighted by Crippen LogP contribution is -2.37. The molecule has 0 unspecified atom stereocenters. The van der Waals surface area contributed by atoms with Crippen molar-refractivity contribution in [2.45, 2.75) is 43.9 Å². The van der Waals surface area contributed by atoms with Gasteiger partial charge in [0.15, 0.2) is 0 Å². The van der Waals surface area contributed by atoms with Crippen LogP contribution in [0.15, 0.2) is 71.6 Å². The Hall–Kier alpha value is -2.75. The highest BCUT2D eigenvalue weighted by Crippen LogP contribution is 2.31. The molecule has 0 aliphatic rings. The van der Waals surface area contributed by atoms with E-state index in [2.05, 4.69) is 0 Å². The van der Waals surface area contributed by atoms with Gasteiger partial charge in [-0.05, 0) is 67.4 Å². The predicted molar refractivity (Wildman–Crippen MR) is 132 cm³/mol. The summed E-state index contributed by atoms with van der Waals surface area (Å²) in [5.74, 6) is -0.361. The van der Waals surface area contributed by atoms with Gasteiger partial charge in [0.25, 0.3) is 5.91 Å². The highest BCUT2D eigenvalue weighted by Gasteiger charge is 2.32. The first kappa shape index (κ1) is 27.8. The van der Waals surface area contributed by atoms with E-state index in [0.29, 0.717) is 33.7 Å². The lowest BCUT2D eigenvalue weighted by molar-refractivity contribution is -0.137. The maximum Gasteiger partial charge on any atom is 0.416 e. The van der Waals surface area contributed by atoms with Gasteiger partial charge >= 0.3 is 16.3 Å². The normalized spacial score (nSPS) is 12.8. The summed E-state index contributed by atoms with van der Waals surface area (Å²) in [4.78, 5) is 14.2. The minimum absolute atomic E-state index is 0.0841. The van der Waals surface area contributed by atoms with Crippen LogP contribution in [0.25, 0.3) is 0 Å². The molecule has 3 aromatic rings. The molecule has 0 bridgehead atoms. The fourth-order valence-corrected chi connectivity index (χ4v) is 4.84. The number of nitrogens with zero attached hydrogens (tertiary/aromatic N) is 1. The zero-order valence-corrected chi connectivity index (χ0v) is 21.5. The number of amides is 1. The minimum atomic E-state index is -4.69. The molecule has 0 spiro atoms. The molecule has 3 rings (SSSR count). The molecule has 0 saturated heterocycles. The molecular formula is C25H22Cl2F3NO4S. The first-order valence-electron chi connectivity index (χ1n) is 10.8. The summed E-state index contributed by atoms with van der Waals surface area (Å²) in [6.07, 6.45) is -4.01. The first-order chi connectivity index (χ1) is 16.8. The quantitative estimate of drug-likeness (QED) is 0.273. The second kappa shape index (κ2) is 11.1. The third-order valence-electron chi connectivity index (χ3n) is 5.43. The van der Waals surface area contributed by atoms with Gasteiger partial charge in [0.1, 0.15) is 10.6 Å². The summed E-state index contributed by atoms with van der Waals surface area (Å²) in [6, 6.07) is 13.7. The molecule has 3 aromatic carbocycles. The van der Waals surface area contributed by atoms with Crippen molar-refractivity contribution in [3.63, 3.8) is 0 Å². The average molecular weight is 560 g/mol. The Labute approximate surface area is 217 Å². The van der Waals surface area contributed by atoms with Crippen molar-refractivity contribution in [3.05, 3.63) is 93.5 Å². The zero-order chi connectivity index (χ0) is 26.7. The van der Waals surface area contributed by atoms with Gasteiger partial charge in [-0.1, -0.05) is 48.3 Å². The largest absolute Gasteiger partial charge is 0.416 e. The molecule has 36 heavy (non-hydrogen) atoms. The van der Waals surface area contributed by atoms with E-state index in [4.69, 9.17) is 27.4 Å². The molecule has 0 aromatic heterocycles. The number of hydrogen-bond donors (Lipinski definition) is 0. The van der Waals surface area contributed by atoms with Crippen LogP contribution in [-0.4, -0.2) is 25.3 Å². The monoisotopic (exact) mass is 559 g/mol. The van der Waals surface area contributed by atoms with Gasteiger partial charge in [0.05, 0.1) is 5.56 Å². The van der Waals surface area contributed by atoms with Crippen molar-refractivity contribution in [2.24, 2.45) is 0 Å². The van der Waals surface area contributed by atoms with Gasteiger partial charge < -0.3 is 9.08 Å². The molecule has 0 aliphatic carbocycles. The van der Waals surface area contributed by atoms with E-state index in [9.17, 15) is 26.4 Å². The number of carbonyl (C=O) groups is 1. The van der Waals surface area contributed by atoms with Gasteiger partial charge in [-0.15, -0.1) is 0 Å². The molecule has 0 heterocycles. The van der Waals surface area contributed by atoms with E-state index in [0.717, 1.165) is 18.2 Å². The van der Waals surface area contributed by atoms with Crippen LogP contribution in [0, 0.1) is 0 Å². The average Bonchev–Trinajstić information content (AvgIpc) is 2.81. The van der Waals surface area contributed by atoms with Crippen LogP contribution in [0.1, 0.15) is 41.8 Å². The van der Waals surface area contributed by atoms with Crippen molar-refractivity contribution < 1.29 is 30.6 Å². The van der Waals surface area contributed by atoms with Gasteiger partial charge in [-0.25, -0.2) is 0 Å². The molecule has 1 amide bonds. The maximum atomic E-state index is 13.2. The Morgan fingerprint density at radius 3 is 2.17 bits per heavy atom. The van der Waals surface area contributed by atoms with Crippen LogP contribution < -0.4 is 4.18 Å². The van der Waals surface area contributed by atoms with Crippen molar-refractivity contribution in [1.82, 2.24) is 4.90 Å². The lowest BCUT2D eigenvalue weighted by Gasteiger charge is -2.29. The smallest absolute Gasteiger partial charge is 0.379 e. The van der Waals surface area contributed by atoms with Crippen molar-refractivity contribution in [3.8, 4) is 5.75 Å². The summed E-state index contributed by atoms with van der Waals surface area (Å²) in [6.45, 7) is 4.03. The van der Waals surface area contributed by atoms with Crippen LogP contribution in [-0.2, 0) is 22.8 Å². The van der Waals surface area contributed by atoms with E-state index < -0.39 is 26.8 Å². The summed E-state index contributed by atoms with van der Waals surface area (Å²) in [5.41, 5.74) is -0.0844. The molecule has 0 radical (unpaired) electrons. The van der Waals surface area contributed by atoms with Crippen molar-refractivity contribution in [1.29, 1.82) is 0 Å². The Morgan fingerprint density at radius 2 is 1.61 bits per heavy atom. The number of benzene rings is 3. The third-order valence-corrected chi connectivity index (χ3v) is 7.11. The topological polar surface area (TPSA) is 63.7 Å². The number of rotatable bonds is 8. The number of alkyl halides is 3. The molecule has 1 atom stereocenters. The van der Waals surface area contributed by atoms with E-state index >= 15 is 0 Å². The van der Waals surface area contributed by atoms with Crippen molar-refractivity contribution >= 4 is 39.2 Å². The van der Waals surface area contributed by atoms with Crippen molar-refractivity contribution in [2.75, 3.05) is 0 Å². The fraction of sp³-hybridized carbons (Fsp3) is 0.240. The number of halogens is 5. The predicted octanol–water partition coefficient (Wildman–Crippen LogP) is 7.22. The van der Waals surface area contributed by atoms with Crippen LogP contribution in [0.5, 0.6) is 5.75 Å². The Kier molecular flexibility index (Phi) is 8.59. The summed E-state index contributed by atoms with van der Waals surface area (Å²) < 4.78 is 68.9. The standard InChI is InChI=1S/C25H22Cl2F3NO4S/c1-3-16(2)31(24(32)18-11-20(26)14-21(27)12-18)15-17-7-9-22(10-8-17)35-36(33,34)23-6-4-5-19(13-23)25(28,29)30/h4-14,16H,3,15H2,1-2H3/t16-/m1/s1. The molecule has 5 nitrogen and oxygen atoms in total. The van der Waals surface area contributed by atoms with E-state index in [1.165, 1.54) is 30.3 Å². The molecule has 11 heteroatoms. The zero-order valence-electron chi connectivity index (χ0n) is 19.2. The lowest BCUT2D eigenvalue weighted by atomic mass is 10.1. The van der Waals surface area contributed by atoms with Crippen LogP contribution >= 0.6 is 23.2 Å². The maximum absolute atomic E-state index is 13.2. The van der Waals surface area contributed by atoms with Gasteiger partial charge in [-0.2, -0.15) is 21.6 Å². The summed E-state index contributed by atoms with van der Waals surface area (Å²) in [7, 11) is -4.50. The first-order valence-corrected chi connectivity index (χ1v) is 12.9. The van der Waals surface area contributed by atoms with Crippen LogP contribution in [0.4, 0.5) is 13.2 Å². The third kappa shape index (κ3) is 6.93. The molecule has 0 N–H and O–H groups in total. The van der Waals surface area contributed by atoms with Gasteiger partial charge in [-0.3, -0.25) is 4.79 Å². The Morgan fingerprint density at radius 1 is 1.00 bits per heavy atom. The molecule has 0 aliphatic heterocycles. The van der Waals surface area contributed by atoms with Crippen LogP contribution in [0.2, 0.25) is 10.0 Å². The molecule has 0 fully saturated rings. The molecule has 0 saturated carbocycles. The second-order valence-electron chi connectivity index (χ2n) is 8.06. The van der Waals surface area contributed by atoms with Gasteiger partial charge in [0, 0.05) is 28.2 Å². The van der Waals surface area contributed by atoms with Gasteiger partial charge in [0.2, 0.25) is 0 Å². The fourth-order valence-electron chi connectivity index (χ4n) is 3.34.